The predicted octanol–water partition coefficient (Wildman–Crippen LogP) is 2.71. The minimum atomic E-state index is -3.78. The summed E-state index contributed by atoms with van der Waals surface area (Å²) in [6.45, 7) is 3.19. The normalized spacial score (nSPS) is 11.6. The van der Waals surface area contributed by atoms with Gasteiger partial charge in [-0.3, -0.25) is 4.72 Å². The average molecular weight is 333 g/mol. The van der Waals surface area contributed by atoms with E-state index in [1.165, 1.54) is 17.4 Å². The molecule has 0 amide bonds. The Hall–Kier alpha value is -1.15. The maximum absolute atomic E-state index is 12.4. The van der Waals surface area contributed by atoms with E-state index in [4.69, 9.17) is 11.6 Å². The van der Waals surface area contributed by atoms with Gasteiger partial charge in [0.1, 0.15) is 0 Å². The van der Waals surface area contributed by atoms with Gasteiger partial charge in [0.25, 0.3) is 10.0 Å². The molecule has 2 aromatic rings. The molecule has 0 unspecified atom stereocenters. The number of aliphatic hydroxyl groups excluding tert-OH is 1. The van der Waals surface area contributed by atoms with Crippen molar-refractivity contribution in [1.29, 1.82) is 0 Å². The lowest BCUT2D eigenvalue weighted by atomic mass is 10.1. The number of aromatic nitrogens is 1. The fourth-order valence-electron chi connectivity index (χ4n) is 1.72. The Morgan fingerprint density at radius 1 is 1.40 bits per heavy atom. The first kappa shape index (κ1) is 15.2. The van der Waals surface area contributed by atoms with Crippen LogP contribution in [0, 0.1) is 13.8 Å². The summed E-state index contributed by atoms with van der Waals surface area (Å²) in [6, 6.07) is 2.91. The molecule has 0 aliphatic carbocycles. The van der Waals surface area contributed by atoms with Crippen LogP contribution in [0.3, 0.4) is 0 Å². The number of thiazole rings is 1. The van der Waals surface area contributed by atoms with Gasteiger partial charge in [-0.2, -0.15) is 0 Å². The fourth-order valence-corrected chi connectivity index (χ4v) is 4.25. The summed E-state index contributed by atoms with van der Waals surface area (Å²) in [7, 11) is -3.78. The first-order chi connectivity index (χ1) is 9.33. The summed E-state index contributed by atoms with van der Waals surface area (Å²) in [6.07, 6.45) is 1.59. The van der Waals surface area contributed by atoms with E-state index in [1.54, 1.807) is 19.2 Å². The van der Waals surface area contributed by atoms with Crippen LogP contribution in [-0.4, -0.2) is 18.5 Å². The van der Waals surface area contributed by atoms with E-state index in [9.17, 15) is 13.5 Å². The molecule has 0 saturated heterocycles. The second-order valence-electron chi connectivity index (χ2n) is 4.23. The predicted molar refractivity (Wildman–Crippen MR) is 79.8 cm³/mol. The lowest BCUT2D eigenvalue weighted by molar-refractivity contribution is 0.280. The van der Waals surface area contributed by atoms with Gasteiger partial charge in [-0.05, 0) is 37.1 Å². The number of benzene rings is 1. The molecular formula is C12H13ClN2O3S2. The highest BCUT2D eigenvalue weighted by molar-refractivity contribution is 7.93. The van der Waals surface area contributed by atoms with Crippen molar-refractivity contribution in [2.45, 2.75) is 25.3 Å². The quantitative estimate of drug-likeness (QED) is 0.902. The van der Waals surface area contributed by atoms with E-state index in [-0.39, 0.29) is 16.5 Å². The second kappa shape index (κ2) is 5.69. The monoisotopic (exact) mass is 332 g/mol. The van der Waals surface area contributed by atoms with Gasteiger partial charge in [0, 0.05) is 16.1 Å². The highest BCUT2D eigenvalue weighted by atomic mass is 35.5. The summed E-state index contributed by atoms with van der Waals surface area (Å²) in [5, 5.41) is 9.80. The highest BCUT2D eigenvalue weighted by Gasteiger charge is 2.21. The first-order valence-corrected chi connectivity index (χ1v) is 8.36. The Kier molecular flexibility index (Phi) is 4.33. The van der Waals surface area contributed by atoms with Gasteiger partial charge in [0.15, 0.2) is 5.13 Å². The number of hydrogen-bond donors (Lipinski definition) is 2. The topological polar surface area (TPSA) is 79.3 Å². The van der Waals surface area contributed by atoms with Crippen LogP contribution in [0.4, 0.5) is 5.13 Å². The number of rotatable bonds is 4. The largest absolute Gasteiger partial charge is 0.392 e. The van der Waals surface area contributed by atoms with Crippen molar-refractivity contribution in [2.24, 2.45) is 0 Å². The SMILES string of the molecule is Cc1cnc(NS(=O)(=O)c2cc(Cl)cc(CO)c2C)s1. The highest BCUT2D eigenvalue weighted by Crippen LogP contribution is 2.27. The van der Waals surface area contributed by atoms with Gasteiger partial charge >= 0.3 is 0 Å². The molecule has 0 atom stereocenters. The molecular weight excluding hydrogens is 320 g/mol. The summed E-state index contributed by atoms with van der Waals surface area (Å²) in [5.74, 6) is 0. The number of anilines is 1. The van der Waals surface area contributed by atoms with Crippen LogP contribution in [0.2, 0.25) is 5.02 Å². The van der Waals surface area contributed by atoms with Crippen LogP contribution in [-0.2, 0) is 16.6 Å². The zero-order valence-corrected chi connectivity index (χ0v) is 13.2. The van der Waals surface area contributed by atoms with Crippen molar-refractivity contribution >= 4 is 38.1 Å². The number of nitrogens with one attached hydrogen (secondary N) is 1. The Labute approximate surface area is 126 Å². The molecule has 2 rings (SSSR count). The van der Waals surface area contributed by atoms with Crippen molar-refractivity contribution in [3.63, 3.8) is 0 Å². The number of aliphatic hydroxyl groups is 1. The summed E-state index contributed by atoms with van der Waals surface area (Å²) < 4.78 is 27.1. The maximum Gasteiger partial charge on any atom is 0.263 e. The standard InChI is InChI=1S/C12H13ClN2O3S2/c1-7-5-14-12(19-7)15-20(17,18)11-4-10(13)3-9(6-16)8(11)2/h3-5,16H,6H2,1-2H3,(H,14,15). The molecule has 1 heterocycles. The molecule has 2 N–H and O–H groups in total. The molecule has 0 bridgehead atoms. The van der Waals surface area contributed by atoms with Crippen LogP contribution in [0.1, 0.15) is 16.0 Å². The molecule has 0 spiro atoms. The molecule has 5 nitrogen and oxygen atoms in total. The minimum absolute atomic E-state index is 0.0434. The van der Waals surface area contributed by atoms with E-state index in [0.717, 1.165) is 4.88 Å². The second-order valence-corrected chi connectivity index (χ2v) is 7.55. The van der Waals surface area contributed by atoms with Crippen molar-refractivity contribution < 1.29 is 13.5 Å². The van der Waals surface area contributed by atoms with Gasteiger partial charge in [0.05, 0.1) is 11.5 Å². The molecule has 20 heavy (non-hydrogen) atoms. The molecule has 108 valence electrons. The van der Waals surface area contributed by atoms with Crippen LogP contribution in [0.5, 0.6) is 0 Å². The lowest BCUT2D eigenvalue weighted by Gasteiger charge is -2.12. The number of hydrogen-bond acceptors (Lipinski definition) is 5. The number of halogens is 1. The van der Waals surface area contributed by atoms with E-state index in [0.29, 0.717) is 16.3 Å². The van der Waals surface area contributed by atoms with Crippen LogP contribution >= 0.6 is 22.9 Å². The summed E-state index contributed by atoms with van der Waals surface area (Å²) in [4.78, 5) is 4.91. The zero-order valence-electron chi connectivity index (χ0n) is 10.8. The number of sulfonamides is 1. The van der Waals surface area contributed by atoms with Gasteiger partial charge in [-0.25, -0.2) is 13.4 Å². The van der Waals surface area contributed by atoms with Crippen LogP contribution < -0.4 is 4.72 Å². The van der Waals surface area contributed by atoms with Crippen molar-refractivity contribution in [3.05, 3.63) is 39.4 Å². The van der Waals surface area contributed by atoms with Gasteiger partial charge in [-0.15, -0.1) is 11.3 Å². The van der Waals surface area contributed by atoms with Crippen molar-refractivity contribution in [2.75, 3.05) is 4.72 Å². The molecule has 0 aliphatic rings. The Morgan fingerprint density at radius 2 is 2.10 bits per heavy atom. The molecule has 0 radical (unpaired) electrons. The Morgan fingerprint density at radius 3 is 2.65 bits per heavy atom. The van der Waals surface area contributed by atoms with Crippen molar-refractivity contribution in [1.82, 2.24) is 4.98 Å². The molecule has 0 aliphatic heterocycles. The van der Waals surface area contributed by atoms with Crippen molar-refractivity contribution in [3.8, 4) is 0 Å². The molecule has 0 fully saturated rings. The fraction of sp³-hybridized carbons (Fsp3) is 0.250. The van der Waals surface area contributed by atoms with E-state index in [1.807, 2.05) is 6.92 Å². The van der Waals surface area contributed by atoms with Crippen LogP contribution in [0.25, 0.3) is 0 Å². The number of nitrogens with zero attached hydrogens (tertiary/aromatic N) is 1. The number of aryl methyl sites for hydroxylation is 1. The third-order valence-corrected chi connectivity index (χ3v) is 5.38. The molecule has 1 aromatic heterocycles. The van der Waals surface area contributed by atoms with E-state index in [2.05, 4.69) is 9.71 Å². The van der Waals surface area contributed by atoms with Gasteiger partial charge < -0.3 is 5.11 Å². The van der Waals surface area contributed by atoms with Gasteiger partial charge in [0.2, 0.25) is 0 Å². The molecule has 0 saturated carbocycles. The smallest absolute Gasteiger partial charge is 0.263 e. The zero-order chi connectivity index (χ0) is 14.9. The first-order valence-electron chi connectivity index (χ1n) is 5.68. The van der Waals surface area contributed by atoms with Gasteiger partial charge in [-0.1, -0.05) is 11.6 Å². The van der Waals surface area contributed by atoms with E-state index >= 15 is 0 Å². The van der Waals surface area contributed by atoms with Crippen LogP contribution in [0.15, 0.2) is 23.2 Å². The average Bonchev–Trinajstić information content (AvgIpc) is 2.76. The summed E-state index contributed by atoms with van der Waals surface area (Å²) in [5.41, 5.74) is 0.950. The minimum Gasteiger partial charge on any atom is -0.392 e. The molecule has 8 heteroatoms. The summed E-state index contributed by atoms with van der Waals surface area (Å²) >= 11 is 7.14. The lowest BCUT2D eigenvalue weighted by Crippen LogP contribution is -2.15. The third kappa shape index (κ3) is 3.12. The Balaban J connectivity index is 2.46. The van der Waals surface area contributed by atoms with E-state index < -0.39 is 10.0 Å². The third-order valence-electron chi connectivity index (χ3n) is 2.74. The maximum atomic E-state index is 12.4. The Bertz CT molecular complexity index is 741. The molecule has 1 aromatic carbocycles.